The first-order valence-electron chi connectivity index (χ1n) is 3.42. The Labute approximate surface area is 67.3 Å². The van der Waals surface area contributed by atoms with Gasteiger partial charge in [-0.05, 0) is 12.5 Å². The Morgan fingerprint density at radius 1 is 1.55 bits per heavy atom. The molecule has 0 radical (unpaired) electrons. The first kappa shape index (κ1) is 10.9. The zero-order valence-corrected chi connectivity index (χ0v) is 7.63. The molecule has 2 atom stereocenters. The number of nitrogens with two attached hydrogens (primary N) is 1. The third-order valence-electron chi connectivity index (χ3n) is 1.50. The Kier molecular flexibility index (Phi) is 3.99. The van der Waals surface area contributed by atoms with E-state index in [4.69, 9.17) is 5.73 Å². The number of sulfone groups is 1. The summed E-state index contributed by atoms with van der Waals surface area (Å²) in [6.45, 7) is 2.02. The van der Waals surface area contributed by atoms with Crippen LogP contribution < -0.4 is 5.73 Å². The van der Waals surface area contributed by atoms with Gasteiger partial charge in [-0.2, -0.15) is 0 Å². The third kappa shape index (κ3) is 5.17. The fraction of sp³-hybridized carbons (Fsp3) is 1.00. The Hall–Kier alpha value is -0.130. The second kappa shape index (κ2) is 4.04. The molecule has 0 aromatic carbocycles. The van der Waals surface area contributed by atoms with Crippen LogP contribution in [0.15, 0.2) is 0 Å². The van der Waals surface area contributed by atoms with Crippen LogP contribution in [0.4, 0.5) is 0 Å². The number of rotatable bonds is 4. The molecule has 0 aromatic heterocycles. The topological polar surface area (TPSA) is 80.4 Å². The second-order valence-corrected chi connectivity index (χ2v) is 5.06. The molecule has 0 fully saturated rings. The third-order valence-corrected chi connectivity index (χ3v) is 2.45. The highest BCUT2D eigenvalue weighted by Crippen LogP contribution is 2.02. The van der Waals surface area contributed by atoms with Gasteiger partial charge in [-0.15, -0.1) is 0 Å². The average Bonchev–Trinajstić information content (AvgIpc) is 1.82. The minimum absolute atomic E-state index is 0.162. The predicted molar refractivity (Wildman–Crippen MR) is 43.9 cm³/mol. The lowest BCUT2D eigenvalue weighted by molar-refractivity contribution is 0.142. The van der Waals surface area contributed by atoms with Gasteiger partial charge < -0.3 is 10.8 Å². The van der Waals surface area contributed by atoms with Gasteiger partial charge in [0, 0.05) is 6.26 Å². The summed E-state index contributed by atoms with van der Waals surface area (Å²) in [6.07, 6.45) is 0.259. The number of hydrogen-bond acceptors (Lipinski definition) is 4. The standard InChI is InChI=1S/C6H15NO3S/c1-5(3-7)6(8)4-11(2,9)10/h5-6,8H,3-4,7H2,1-2H3. The molecule has 2 unspecified atom stereocenters. The predicted octanol–water partition coefficient (Wildman–Crippen LogP) is -1.01. The largest absolute Gasteiger partial charge is 0.392 e. The highest BCUT2D eigenvalue weighted by Gasteiger charge is 2.17. The molecule has 0 saturated heterocycles. The Bertz CT molecular complexity index is 200. The monoisotopic (exact) mass is 181 g/mol. The molecule has 4 nitrogen and oxygen atoms in total. The van der Waals surface area contributed by atoms with Gasteiger partial charge >= 0.3 is 0 Å². The van der Waals surface area contributed by atoms with Crippen molar-refractivity contribution in [2.75, 3.05) is 18.6 Å². The van der Waals surface area contributed by atoms with Crippen molar-refractivity contribution in [2.24, 2.45) is 11.7 Å². The van der Waals surface area contributed by atoms with E-state index >= 15 is 0 Å². The molecule has 0 spiro atoms. The van der Waals surface area contributed by atoms with Gasteiger partial charge in [0.05, 0.1) is 11.9 Å². The normalized spacial score (nSPS) is 17.8. The average molecular weight is 181 g/mol. The molecule has 0 heterocycles. The van der Waals surface area contributed by atoms with Gasteiger partial charge in [0.15, 0.2) is 0 Å². The lowest BCUT2D eigenvalue weighted by Gasteiger charge is -2.15. The molecule has 0 aliphatic rings. The van der Waals surface area contributed by atoms with Crippen LogP contribution in [0.5, 0.6) is 0 Å². The van der Waals surface area contributed by atoms with Crippen LogP contribution in [0.25, 0.3) is 0 Å². The van der Waals surface area contributed by atoms with Crippen molar-refractivity contribution in [2.45, 2.75) is 13.0 Å². The highest BCUT2D eigenvalue weighted by molar-refractivity contribution is 7.90. The first-order chi connectivity index (χ1) is 4.87. The molecule has 0 aromatic rings. The summed E-state index contributed by atoms with van der Waals surface area (Å²) in [5, 5.41) is 9.19. The molecule has 0 amide bonds. The number of aliphatic hydroxyl groups excluding tert-OH is 1. The lowest BCUT2D eigenvalue weighted by Crippen LogP contribution is -2.31. The quantitative estimate of drug-likeness (QED) is 0.582. The first-order valence-corrected chi connectivity index (χ1v) is 5.48. The maximum absolute atomic E-state index is 10.7. The van der Waals surface area contributed by atoms with Crippen LogP contribution in [0.3, 0.4) is 0 Å². The van der Waals surface area contributed by atoms with Gasteiger partial charge in [-0.1, -0.05) is 6.92 Å². The molecule has 5 heteroatoms. The molecule has 0 saturated carbocycles. The maximum Gasteiger partial charge on any atom is 0.150 e. The van der Waals surface area contributed by atoms with Gasteiger partial charge in [-0.3, -0.25) is 0 Å². The van der Waals surface area contributed by atoms with E-state index < -0.39 is 15.9 Å². The fourth-order valence-corrected chi connectivity index (χ4v) is 1.58. The molecule has 11 heavy (non-hydrogen) atoms. The fourth-order valence-electron chi connectivity index (χ4n) is 0.632. The molecule has 0 rings (SSSR count). The van der Waals surface area contributed by atoms with E-state index in [1.54, 1.807) is 6.92 Å². The smallest absolute Gasteiger partial charge is 0.150 e. The van der Waals surface area contributed by atoms with Crippen molar-refractivity contribution in [3.05, 3.63) is 0 Å². The highest BCUT2D eigenvalue weighted by atomic mass is 32.2. The summed E-state index contributed by atoms with van der Waals surface area (Å²) in [5.41, 5.74) is 5.24. The van der Waals surface area contributed by atoms with E-state index in [-0.39, 0.29) is 11.7 Å². The van der Waals surface area contributed by atoms with Crippen molar-refractivity contribution >= 4 is 9.84 Å². The van der Waals surface area contributed by atoms with Crippen LogP contribution in [-0.2, 0) is 9.84 Å². The minimum atomic E-state index is -3.08. The molecular formula is C6H15NO3S. The van der Waals surface area contributed by atoms with Gasteiger partial charge in [-0.25, -0.2) is 8.42 Å². The maximum atomic E-state index is 10.7. The van der Waals surface area contributed by atoms with Crippen molar-refractivity contribution in [3.63, 3.8) is 0 Å². The van der Waals surface area contributed by atoms with Crippen molar-refractivity contribution in [3.8, 4) is 0 Å². The summed E-state index contributed by atoms with van der Waals surface area (Å²) in [6, 6.07) is 0. The number of aliphatic hydroxyl groups is 1. The van der Waals surface area contributed by atoms with E-state index in [0.717, 1.165) is 6.26 Å². The van der Waals surface area contributed by atoms with Crippen LogP contribution in [0.1, 0.15) is 6.92 Å². The van der Waals surface area contributed by atoms with Crippen molar-refractivity contribution < 1.29 is 13.5 Å². The molecule has 0 bridgehead atoms. The second-order valence-electron chi connectivity index (χ2n) is 2.87. The summed E-state index contributed by atoms with van der Waals surface area (Å²) in [5.74, 6) is -0.365. The zero-order valence-electron chi connectivity index (χ0n) is 6.82. The van der Waals surface area contributed by atoms with E-state index in [2.05, 4.69) is 0 Å². The van der Waals surface area contributed by atoms with Crippen LogP contribution in [-0.4, -0.2) is 38.2 Å². The van der Waals surface area contributed by atoms with E-state index in [0.29, 0.717) is 6.54 Å². The Morgan fingerprint density at radius 2 is 2.00 bits per heavy atom. The van der Waals surface area contributed by atoms with Gasteiger partial charge in [0.1, 0.15) is 9.84 Å². The minimum Gasteiger partial charge on any atom is -0.392 e. The molecular weight excluding hydrogens is 166 g/mol. The van der Waals surface area contributed by atoms with Crippen LogP contribution >= 0.6 is 0 Å². The molecule has 68 valence electrons. The Balaban J connectivity index is 3.98. The summed E-state index contributed by atoms with van der Waals surface area (Å²) in [4.78, 5) is 0. The summed E-state index contributed by atoms with van der Waals surface area (Å²) in [7, 11) is -3.08. The van der Waals surface area contributed by atoms with Gasteiger partial charge in [0.2, 0.25) is 0 Å². The van der Waals surface area contributed by atoms with Crippen molar-refractivity contribution in [1.29, 1.82) is 0 Å². The molecule has 0 aliphatic heterocycles. The van der Waals surface area contributed by atoms with E-state index in [9.17, 15) is 13.5 Å². The van der Waals surface area contributed by atoms with E-state index in [1.807, 2.05) is 0 Å². The number of hydrogen-bond donors (Lipinski definition) is 2. The van der Waals surface area contributed by atoms with Crippen LogP contribution in [0.2, 0.25) is 0 Å². The lowest BCUT2D eigenvalue weighted by atomic mass is 10.1. The Morgan fingerprint density at radius 3 is 2.27 bits per heavy atom. The van der Waals surface area contributed by atoms with Gasteiger partial charge in [0.25, 0.3) is 0 Å². The summed E-state index contributed by atoms with van der Waals surface area (Å²) < 4.78 is 21.3. The van der Waals surface area contributed by atoms with Crippen LogP contribution in [0, 0.1) is 5.92 Å². The van der Waals surface area contributed by atoms with E-state index in [1.165, 1.54) is 0 Å². The zero-order chi connectivity index (χ0) is 9.07. The molecule has 3 N–H and O–H groups in total. The SMILES string of the molecule is CC(CN)C(O)CS(C)(=O)=O. The summed E-state index contributed by atoms with van der Waals surface area (Å²) >= 11 is 0. The van der Waals surface area contributed by atoms with Crippen molar-refractivity contribution in [1.82, 2.24) is 0 Å². The molecule has 0 aliphatic carbocycles.